The van der Waals surface area contributed by atoms with Crippen LogP contribution in [0.15, 0.2) is 48.5 Å². The molecule has 5 heteroatoms. The number of amides is 2. The molecule has 0 aromatic heterocycles. The van der Waals surface area contributed by atoms with Crippen LogP contribution < -0.4 is 10.1 Å². The van der Waals surface area contributed by atoms with Crippen molar-refractivity contribution < 1.29 is 14.3 Å². The summed E-state index contributed by atoms with van der Waals surface area (Å²) in [5.74, 6) is 1.74. The average molecular weight is 392 g/mol. The summed E-state index contributed by atoms with van der Waals surface area (Å²) in [6.07, 6.45) is 3.96. The highest BCUT2D eigenvalue weighted by atomic mass is 16.5. The van der Waals surface area contributed by atoms with Gasteiger partial charge in [0.25, 0.3) is 5.91 Å². The number of rotatable bonds is 6. The number of methoxy groups -OCH3 is 1. The van der Waals surface area contributed by atoms with Crippen molar-refractivity contribution in [3.8, 4) is 16.9 Å². The molecule has 1 N–H and O–H groups in total. The minimum Gasteiger partial charge on any atom is -0.497 e. The number of nitrogens with zero attached hydrogens (tertiary/aromatic N) is 1. The lowest BCUT2D eigenvalue weighted by atomic mass is 9.95. The minimum atomic E-state index is 0.0354. The highest BCUT2D eigenvalue weighted by molar-refractivity contribution is 5.95. The second-order valence-corrected chi connectivity index (χ2v) is 8.06. The normalized spacial score (nSPS) is 17.1. The summed E-state index contributed by atoms with van der Waals surface area (Å²) in [7, 11) is 1.65. The third-order valence-electron chi connectivity index (χ3n) is 5.95. The van der Waals surface area contributed by atoms with E-state index in [2.05, 4.69) is 5.32 Å². The monoisotopic (exact) mass is 392 g/mol. The van der Waals surface area contributed by atoms with E-state index in [4.69, 9.17) is 4.74 Å². The summed E-state index contributed by atoms with van der Waals surface area (Å²) in [4.78, 5) is 27.0. The van der Waals surface area contributed by atoms with Gasteiger partial charge < -0.3 is 15.0 Å². The van der Waals surface area contributed by atoms with Gasteiger partial charge in [-0.2, -0.15) is 0 Å². The van der Waals surface area contributed by atoms with Crippen LogP contribution in [0.2, 0.25) is 0 Å². The molecule has 152 valence electrons. The molecule has 5 nitrogen and oxygen atoms in total. The van der Waals surface area contributed by atoms with Gasteiger partial charge in [-0.15, -0.1) is 0 Å². The van der Waals surface area contributed by atoms with Crippen molar-refractivity contribution in [2.75, 3.05) is 26.7 Å². The van der Waals surface area contributed by atoms with Crippen LogP contribution in [0.4, 0.5) is 0 Å². The molecule has 2 amide bonds. The maximum Gasteiger partial charge on any atom is 0.253 e. The predicted octanol–water partition coefficient (Wildman–Crippen LogP) is 3.74. The molecule has 0 unspecified atom stereocenters. The summed E-state index contributed by atoms with van der Waals surface area (Å²) in [6, 6.07) is 15.6. The maximum atomic E-state index is 12.9. The number of ether oxygens (including phenoxy) is 1. The van der Waals surface area contributed by atoms with Crippen molar-refractivity contribution in [3.05, 3.63) is 54.1 Å². The van der Waals surface area contributed by atoms with Gasteiger partial charge in [0.2, 0.25) is 5.91 Å². The van der Waals surface area contributed by atoms with Gasteiger partial charge in [0, 0.05) is 31.1 Å². The van der Waals surface area contributed by atoms with Crippen molar-refractivity contribution >= 4 is 11.8 Å². The first kappa shape index (κ1) is 19.5. The zero-order valence-corrected chi connectivity index (χ0v) is 16.9. The van der Waals surface area contributed by atoms with E-state index < -0.39 is 0 Å². The third-order valence-corrected chi connectivity index (χ3v) is 5.95. The topological polar surface area (TPSA) is 58.6 Å². The third kappa shape index (κ3) is 4.78. The minimum absolute atomic E-state index is 0.0354. The Bertz CT molecular complexity index is 866. The molecule has 1 saturated heterocycles. The van der Waals surface area contributed by atoms with E-state index in [0.717, 1.165) is 36.3 Å². The van der Waals surface area contributed by atoms with E-state index in [0.29, 0.717) is 24.6 Å². The average Bonchev–Trinajstić information content (AvgIpc) is 3.62. The highest BCUT2D eigenvalue weighted by Crippen LogP contribution is 2.28. The van der Waals surface area contributed by atoms with Gasteiger partial charge in [-0.1, -0.05) is 24.3 Å². The summed E-state index contributed by atoms with van der Waals surface area (Å²) in [6.45, 7) is 2.09. The van der Waals surface area contributed by atoms with Crippen molar-refractivity contribution in [1.82, 2.24) is 10.2 Å². The fraction of sp³-hybridized carbons (Fsp3) is 0.417. The Morgan fingerprint density at radius 3 is 2.38 bits per heavy atom. The number of benzene rings is 2. The van der Waals surface area contributed by atoms with Crippen LogP contribution in [-0.2, 0) is 4.79 Å². The summed E-state index contributed by atoms with van der Waals surface area (Å²) in [5.41, 5.74) is 2.79. The first-order valence-electron chi connectivity index (χ1n) is 10.5. The Morgan fingerprint density at radius 1 is 1.00 bits per heavy atom. The lowest BCUT2D eigenvalue weighted by Gasteiger charge is -2.31. The molecule has 1 saturated carbocycles. The molecule has 1 aliphatic carbocycles. The number of carbonyl (C=O) groups is 2. The number of hydrogen-bond acceptors (Lipinski definition) is 3. The number of carbonyl (C=O) groups excluding carboxylic acids is 2. The van der Waals surface area contributed by atoms with Crippen molar-refractivity contribution in [1.29, 1.82) is 0 Å². The van der Waals surface area contributed by atoms with E-state index in [9.17, 15) is 9.59 Å². The standard InChI is InChI=1S/C24H28N2O3/c1-29-22-4-2-3-21(15-22)18-7-9-20(10-8-18)24(28)26-13-11-19(12-14-26)23(27)25-16-17-5-6-17/h2-4,7-10,15,17,19H,5-6,11-14,16H2,1H3,(H,25,27). The molecular weight excluding hydrogens is 364 g/mol. The summed E-state index contributed by atoms with van der Waals surface area (Å²) < 4.78 is 5.28. The Hall–Kier alpha value is -2.82. The number of hydrogen-bond donors (Lipinski definition) is 1. The number of nitrogens with one attached hydrogen (secondary N) is 1. The highest BCUT2D eigenvalue weighted by Gasteiger charge is 2.29. The van der Waals surface area contributed by atoms with Crippen LogP contribution in [0.3, 0.4) is 0 Å². The molecule has 4 rings (SSSR count). The van der Waals surface area contributed by atoms with Crippen LogP contribution in [0.25, 0.3) is 11.1 Å². The predicted molar refractivity (Wildman–Crippen MR) is 113 cm³/mol. The first-order valence-corrected chi connectivity index (χ1v) is 10.5. The van der Waals surface area contributed by atoms with E-state index in [1.54, 1.807) is 7.11 Å². The van der Waals surface area contributed by atoms with E-state index in [1.165, 1.54) is 12.8 Å². The Labute approximate surface area is 172 Å². The Kier molecular flexibility index (Phi) is 5.84. The second kappa shape index (κ2) is 8.68. The SMILES string of the molecule is COc1cccc(-c2ccc(C(=O)N3CCC(C(=O)NCC4CC4)CC3)cc2)c1. The van der Waals surface area contributed by atoms with E-state index in [-0.39, 0.29) is 17.7 Å². The van der Waals surface area contributed by atoms with Crippen LogP contribution in [0.5, 0.6) is 5.75 Å². The van der Waals surface area contributed by atoms with Gasteiger partial charge in [-0.05, 0) is 67.0 Å². The fourth-order valence-electron chi connectivity index (χ4n) is 3.85. The van der Waals surface area contributed by atoms with Crippen LogP contribution in [0, 0.1) is 11.8 Å². The maximum absolute atomic E-state index is 12.9. The Morgan fingerprint density at radius 2 is 1.72 bits per heavy atom. The van der Waals surface area contributed by atoms with Gasteiger partial charge in [-0.3, -0.25) is 9.59 Å². The number of piperidine rings is 1. The molecule has 0 atom stereocenters. The molecule has 2 aromatic rings. The zero-order valence-electron chi connectivity index (χ0n) is 16.9. The van der Waals surface area contributed by atoms with E-state index >= 15 is 0 Å². The second-order valence-electron chi connectivity index (χ2n) is 8.06. The summed E-state index contributed by atoms with van der Waals surface area (Å²) >= 11 is 0. The van der Waals surface area contributed by atoms with Crippen molar-refractivity contribution in [2.24, 2.45) is 11.8 Å². The Balaban J connectivity index is 1.33. The van der Waals surface area contributed by atoms with Crippen LogP contribution >= 0.6 is 0 Å². The smallest absolute Gasteiger partial charge is 0.253 e. The molecule has 29 heavy (non-hydrogen) atoms. The fourth-order valence-corrected chi connectivity index (χ4v) is 3.85. The van der Waals surface area contributed by atoms with Crippen molar-refractivity contribution in [3.63, 3.8) is 0 Å². The van der Waals surface area contributed by atoms with Gasteiger partial charge in [0.05, 0.1) is 7.11 Å². The number of likely N-dealkylation sites (tertiary alicyclic amines) is 1. The molecule has 0 radical (unpaired) electrons. The largest absolute Gasteiger partial charge is 0.497 e. The lowest BCUT2D eigenvalue weighted by Crippen LogP contribution is -2.43. The van der Waals surface area contributed by atoms with Gasteiger partial charge in [0.15, 0.2) is 0 Å². The van der Waals surface area contributed by atoms with Crippen molar-refractivity contribution in [2.45, 2.75) is 25.7 Å². The molecule has 1 aliphatic heterocycles. The van der Waals surface area contributed by atoms with Crippen LogP contribution in [-0.4, -0.2) is 43.5 Å². The molecule has 2 fully saturated rings. The molecular formula is C24H28N2O3. The van der Waals surface area contributed by atoms with E-state index in [1.807, 2.05) is 53.4 Å². The molecule has 2 aromatic carbocycles. The van der Waals surface area contributed by atoms with Gasteiger partial charge in [-0.25, -0.2) is 0 Å². The lowest BCUT2D eigenvalue weighted by molar-refractivity contribution is -0.126. The summed E-state index contributed by atoms with van der Waals surface area (Å²) in [5, 5.41) is 3.07. The molecule has 0 bridgehead atoms. The molecule has 0 spiro atoms. The quantitative estimate of drug-likeness (QED) is 0.815. The van der Waals surface area contributed by atoms with Crippen LogP contribution in [0.1, 0.15) is 36.0 Å². The zero-order chi connectivity index (χ0) is 20.2. The van der Waals surface area contributed by atoms with Gasteiger partial charge in [0.1, 0.15) is 5.75 Å². The van der Waals surface area contributed by atoms with Gasteiger partial charge >= 0.3 is 0 Å². The molecule has 2 aliphatic rings. The first-order chi connectivity index (χ1) is 14.1. The molecule has 1 heterocycles.